The molecule has 2 aromatic rings. The highest BCUT2D eigenvalue weighted by Crippen LogP contribution is 2.37. The summed E-state index contributed by atoms with van der Waals surface area (Å²) in [7, 11) is 0. The quantitative estimate of drug-likeness (QED) is 0.518. The van der Waals surface area contributed by atoms with Crippen LogP contribution in [0.5, 0.6) is 0 Å². The predicted octanol–water partition coefficient (Wildman–Crippen LogP) is 3.25. The largest absolute Gasteiger partial charge is 0.364 e. The molecule has 0 atom stereocenters. The zero-order valence-electron chi connectivity index (χ0n) is 10.8. The molecule has 1 heterocycles. The van der Waals surface area contributed by atoms with Gasteiger partial charge in [0.2, 0.25) is 5.82 Å². The molecule has 6 nitrogen and oxygen atoms in total. The van der Waals surface area contributed by atoms with Gasteiger partial charge in [-0.05, 0) is 19.1 Å². The van der Waals surface area contributed by atoms with Crippen molar-refractivity contribution in [2.24, 2.45) is 0 Å². The van der Waals surface area contributed by atoms with E-state index in [9.17, 15) is 18.9 Å². The number of halogens is 2. The SMILES string of the molecule is CCNc1ncnc(Sc2ccc(F)cc2F)c1[N+](=O)[O-]. The molecule has 2 rings (SSSR count). The molecule has 1 aromatic carbocycles. The third-order valence-electron chi connectivity index (χ3n) is 2.42. The first-order valence-electron chi connectivity index (χ1n) is 5.89. The summed E-state index contributed by atoms with van der Waals surface area (Å²) in [5, 5.41) is 13.9. The number of nitro groups is 1. The Bertz CT molecular complexity index is 684. The summed E-state index contributed by atoms with van der Waals surface area (Å²) in [5.41, 5.74) is -0.340. The number of rotatable bonds is 5. The van der Waals surface area contributed by atoms with Crippen molar-refractivity contribution >= 4 is 23.3 Å². The van der Waals surface area contributed by atoms with E-state index in [1.54, 1.807) is 6.92 Å². The van der Waals surface area contributed by atoms with Crippen LogP contribution < -0.4 is 5.32 Å². The molecule has 0 aliphatic carbocycles. The average Bonchev–Trinajstić information content (AvgIpc) is 2.42. The first-order valence-corrected chi connectivity index (χ1v) is 6.70. The highest BCUT2D eigenvalue weighted by Gasteiger charge is 2.24. The van der Waals surface area contributed by atoms with E-state index in [0.717, 1.165) is 24.2 Å². The molecule has 1 aromatic heterocycles. The zero-order valence-corrected chi connectivity index (χ0v) is 11.7. The summed E-state index contributed by atoms with van der Waals surface area (Å²) in [4.78, 5) is 18.2. The molecular formula is C12H10F2N4O2S. The first kappa shape index (κ1) is 15.1. The van der Waals surface area contributed by atoms with E-state index >= 15 is 0 Å². The van der Waals surface area contributed by atoms with Gasteiger partial charge in [0.15, 0.2) is 5.03 Å². The molecule has 9 heteroatoms. The van der Waals surface area contributed by atoms with Gasteiger partial charge in [-0.1, -0.05) is 11.8 Å². The van der Waals surface area contributed by atoms with Crippen LogP contribution in [0.3, 0.4) is 0 Å². The van der Waals surface area contributed by atoms with Crippen LogP contribution >= 0.6 is 11.8 Å². The van der Waals surface area contributed by atoms with Gasteiger partial charge < -0.3 is 5.32 Å². The Morgan fingerprint density at radius 3 is 2.76 bits per heavy atom. The number of benzene rings is 1. The first-order chi connectivity index (χ1) is 10.0. The minimum Gasteiger partial charge on any atom is -0.364 e. The number of hydrogen-bond donors (Lipinski definition) is 1. The molecule has 0 saturated heterocycles. The van der Waals surface area contributed by atoms with E-state index < -0.39 is 16.6 Å². The van der Waals surface area contributed by atoms with Crippen LogP contribution in [0.1, 0.15) is 6.92 Å². The second kappa shape index (κ2) is 6.44. The fraction of sp³-hybridized carbons (Fsp3) is 0.167. The highest BCUT2D eigenvalue weighted by atomic mass is 32.2. The molecule has 0 bridgehead atoms. The summed E-state index contributed by atoms with van der Waals surface area (Å²) in [6.45, 7) is 2.20. The van der Waals surface area contributed by atoms with E-state index in [0.29, 0.717) is 12.6 Å². The predicted molar refractivity (Wildman–Crippen MR) is 73.3 cm³/mol. The second-order valence-electron chi connectivity index (χ2n) is 3.84. The van der Waals surface area contributed by atoms with E-state index in [2.05, 4.69) is 15.3 Å². The van der Waals surface area contributed by atoms with Gasteiger partial charge in [0, 0.05) is 17.5 Å². The lowest BCUT2D eigenvalue weighted by molar-refractivity contribution is -0.387. The van der Waals surface area contributed by atoms with Gasteiger partial charge in [-0.3, -0.25) is 10.1 Å². The minimum atomic E-state index is -0.807. The lowest BCUT2D eigenvalue weighted by Crippen LogP contribution is -2.05. The summed E-state index contributed by atoms with van der Waals surface area (Å²) in [6, 6.07) is 2.98. The molecule has 0 radical (unpaired) electrons. The normalized spacial score (nSPS) is 10.4. The number of hydrogen-bond acceptors (Lipinski definition) is 6. The van der Waals surface area contributed by atoms with Crippen LogP contribution in [-0.4, -0.2) is 21.4 Å². The van der Waals surface area contributed by atoms with Crippen molar-refractivity contribution in [2.45, 2.75) is 16.8 Å². The van der Waals surface area contributed by atoms with Gasteiger partial charge in [0.25, 0.3) is 0 Å². The minimum absolute atomic E-state index is 0.0172. The van der Waals surface area contributed by atoms with Crippen LogP contribution in [-0.2, 0) is 0 Å². The molecule has 0 fully saturated rings. The van der Waals surface area contributed by atoms with Crippen molar-refractivity contribution in [3.8, 4) is 0 Å². The smallest absolute Gasteiger partial charge is 0.343 e. The summed E-state index contributed by atoms with van der Waals surface area (Å²) >= 11 is 0.743. The lowest BCUT2D eigenvalue weighted by atomic mass is 10.3. The molecule has 0 aliphatic heterocycles. The third kappa shape index (κ3) is 3.43. The van der Waals surface area contributed by atoms with Crippen LogP contribution in [0.15, 0.2) is 34.4 Å². The molecular weight excluding hydrogens is 302 g/mol. The van der Waals surface area contributed by atoms with E-state index in [1.165, 1.54) is 6.07 Å². The van der Waals surface area contributed by atoms with Crippen molar-refractivity contribution in [3.63, 3.8) is 0 Å². The number of nitrogens with one attached hydrogen (secondary N) is 1. The molecule has 21 heavy (non-hydrogen) atoms. The molecule has 0 aliphatic rings. The topological polar surface area (TPSA) is 81.0 Å². The summed E-state index contributed by atoms with van der Waals surface area (Å²) in [6.07, 6.45) is 1.15. The monoisotopic (exact) mass is 312 g/mol. The van der Waals surface area contributed by atoms with Crippen molar-refractivity contribution in [2.75, 3.05) is 11.9 Å². The van der Waals surface area contributed by atoms with Gasteiger partial charge in [-0.2, -0.15) is 0 Å². The fourth-order valence-electron chi connectivity index (χ4n) is 1.56. The van der Waals surface area contributed by atoms with Gasteiger partial charge in [0.05, 0.1) is 4.92 Å². The summed E-state index contributed by atoms with van der Waals surface area (Å²) < 4.78 is 26.5. The number of nitrogens with zero attached hydrogens (tertiary/aromatic N) is 3. The van der Waals surface area contributed by atoms with Gasteiger partial charge in [-0.25, -0.2) is 18.7 Å². The molecule has 110 valence electrons. The summed E-state index contributed by atoms with van der Waals surface area (Å²) in [5.74, 6) is -1.47. The van der Waals surface area contributed by atoms with E-state index in [4.69, 9.17) is 0 Å². The van der Waals surface area contributed by atoms with Gasteiger partial charge in [-0.15, -0.1) is 0 Å². The Balaban J connectivity index is 2.43. The Kier molecular flexibility index (Phi) is 4.63. The Hall–Kier alpha value is -2.29. The highest BCUT2D eigenvalue weighted by molar-refractivity contribution is 7.99. The van der Waals surface area contributed by atoms with E-state index in [-0.39, 0.29) is 21.4 Å². The van der Waals surface area contributed by atoms with Crippen LogP contribution in [0, 0.1) is 21.7 Å². The molecule has 0 spiro atoms. The maximum Gasteiger partial charge on any atom is 0.343 e. The second-order valence-corrected chi connectivity index (χ2v) is 4.87. The molecule has 1 N–H and O–H groups in total. The van der Waals surface area contributed by atoms with Crippen LogP contribution in [0.4, 0.5) is 20.3 Å². The van der Waals surface area contributed by atoms with Crippen molar-refractivity contribution in [3.05, 3.63) is 46.3 Å². The van der Waals surface area contributed by atoms with Crippen molar-refractivity contribution in [1.82, 2.24) is 9.97 Å². The van der Waals surface area contributed by atoms with Gasteiger partial charge >= 0.3 is 5.69 Å². The Morgan fingerprint density at radius 2 is 2.14 bits per heavy atom. The molecule has 0 unspecified atom stereocenters. The number of anilines is 1. The van der Waals surface area contributed by atoms with Crippen LogP contribution in [0.25, 0.3) is 0 Å². The van der Waals surface area contributed by atoms with Crippen molar-refractivity contribution in [1.29, 1.82) is 0 Å². The van der Waals surface area contributed by atoms with Gasteiger partial charge in [0.1, 0.15) is 18.0 Å². The Morgan fingerprint density at radius 1 is 1.38 bits per heavy atom. The van der Waals surface area contributed by atoms with E-state index in [1.807, 2.05) is 0 Å². The van der Waals surface area contributed by atoms with Crippen molar-refractivity contribution < 1.29 is 13.7 Å². The zero-order chi connectivity index (χ0) is 15.4. The standard InChI is InChI=1S/C12H10F2N4O2S/c1-2-15-11-10(18(19)20)12(17-6-16-11)21-9-4-3-7(13)5-8(9)14/h3-6H,2H2,1H3,(H,15,16,17). The Labute approximate surface area is 122 Å². The maximum absolute atomic E-state index is 13.6. The van der Waals surface area contributed by atoms with Crippen LogP contribution in [0.2, 0.25) is 0 Å². The average molecular weight is 312 g/mol. The molecule has 0 saturated carbocycles. The molecule has 0 amide bonds. The maximum atomic E-state index is 13.6. The third-order valence-corrected chi connectivity index (χ3v) is 3.46. The number of aromatic nitrogens is 2. The fourth-order valence-corrected chi connectivity index (χ4v) is 2.43. The lowest BCUT2D eigenvalue weighted by Gasteiger charge is -2.07.